The average molecular weight is 529 g/mol. The molecule has 8 nitrogen and oxygen atoms in total. The number of imide groups is 1. The van der Waals surface area contributed by atoms with E-state index < -0.39 is 35.4 Å². The van der Waals surface area contributed by atoms with Crippen LogP contribution in [0.25, 0.3) is 0 Å². The molecular formula is C28H34F2N4O4. The zero-order valence-corrected chi connectivity index (χ0v) is 21.9. The summed E-state index contributed by atoms with van der Waals surface area (Å²) in [4.78, 5) is 40.1. The van der Waals surface area contributed by atoms with E-state index in [4.69, 9.17) is 4.74 Å². The van der Waals surface area contributed by atoms with Crippen molar-refractivity contribution in [3.05, 3.63) is 65.2 Å². The first-order chi connectivity index (χ1) is 18.0. The Kier molecular flexibility index (Phi) is 8.30. The molecule has 2 saturated heterocycles. The minimum absolute atomic E-state index is 0.0886. The predicted molar refractivity (Wildman–Crippen MR) is 139 cm³/mol. The summed E-state index contributed by atoms with van der Waals surface area (Å²) in [5.41, 5.74) is 1.20. The lowest BCUT2D eigenvalue weighted by Crippen LogP contribution is -2.44. The van der Waals surface area contributed by atoms with Crippen molar-refractivity contribution in [1.29, 1.82) is 0 Å². The van der Waals surface area contributed by atoms with E-state index in [1.54, 1.807) is 13.8 Å². The largest absolute Gasteiger partial charge is 0.440 e. The maximum absolute atomic E-state index is 13.9. The number of piperidine rings is 1. The Labute approximate surface area is 221 Å². The van der Waals surface area contributed by atoms with Gasteiger partial charge in [-0.1, -0.05) is 18.2 Å². The third kappa shape index (κ3) is 6.30. The van der Waals surface area contributed by atoms with Gasteiger partial charge in [0.1, 0.15) is 11.6 Å². The first-order valence-electron chi connectivity index (χ1n) is 12.9. The predicted octanol–water partition coefficient (Wildman–Crippen LogP) is 5.17. The van der Waals surface area contributed by atoms with Gasteiger partial charge in [-0.2, -0.15) is 0 Å². The van der Waals surface area contributed by atoms with Crippen molar-refractivity contribution in [2.45, 2.75) is 57.6 Å². The summed E-state index contributed by atoms with van der Waals surface area (Å²) in [6.45, 7) is 7.75. The van der Waals surface area contributed by atoms with Crippen molar-refractivity contribution in [3.8, 4) is 0 Å². The number of carbonyl (C=O) groups is 3. The van der Waals surface area contributed by atoms with E-state index in [-0.39, 0.29) is 11.5 Å². The highest BCUT2D eigenvalue weighted by Gasteiger charge is 2.51. The molecule has 38 heavy (non-hydrogen) atoms. The second-order valence-corrected chi connectivity index (χ2v) is 10.4. The van der Waals surface area contributed by atoms with Crippen LogP contribution in [-0.2, 0) is 9.53 Å². The summed E-state index contributed by atoms with van der Waals surface area (Å²) < 4.78 is 32.7. The topological polar surface area (TPSA) is 91.0 Å². The smallest absolute Gasteiger partial charge is 0.419 e. The van der Waals surface area contributed by atoms with Crippen molar-refractivity contribution in [2.75, 3.05) is 31.5 Å². The highest BCUT2D eigenvalue weighted by atomic mass is 19.2. The summed E-state index contributed by atoms with van der Waals surface area (Å²) in [6, 6.07) is 9.77. The molecule has 1 unspecified atom stereocenters. The normalized spacial score (nSPS) is 19.8. The van der Waals surface area contributed by atoms with Gasteiger partial charge in [0, 0.05) is 19.2 Å². The van der Waals surface area contributed by atoms with Crippen LogP contribution in [0, 0.1) is 11.6 Å². The molecule has 0 bridgehead atoms. The molecule has 0 aliphatic carbocycles. The fraction of sp³-hybridized carbons (Fsp3) is 0.464. The number of likely N-dealkylation sites (tertiary alicyclic amines) is 1. The number of rotatable bonds is 7. The summed E-state index contributed by atoms with van der Waals surface area (Å²) >= 11 is 0. The van der Waals surface area contributed by atoms with Crippen LogP contribution in [0.1, 0.15) is 63.1 Å². The van der Waals surface area contributed by atoms with Crippen LogP contribution >= 0.6 is 0 Å². The molecular weight excluding hydrogens is 494 g/mol. The number of carbonyl (C=O) groups excluding carboxylic acids is 3. The van der Waals surface area contributed by atoms with Gasteiger partial charge in [-0.25, -0.2) is 23.3 Å². The minimum Gasteiger partial charge on any atom is -0.440 e. The number of benzene rings is 2. The minimum atomic E-state index is -1.11. The Hall–Kier alpha value is -3.53. The maximum Gasteiger partial charge on any atom is 0.419 e. The molecule has 2 aromatic rings. The lowest BCUT2D eigenvalue weighted by atomic mass is 9.89. The SMILES string of the molecule is CC(=O)Nc1cccc(C2CCN(CCCNC(=O)N3C(=O)OC(C)(C)C3c3ccc(F)c(F)c3)CC2)c1. The molecule has 204 valence electrons. The van der Waals surface area contributed by atoms with E-state index in [0.29, 0.717) is 18.9 Å². The Morgan fingerprint density at radius 3 is 2.47 bits per heavy atom. The molecule has 0 saturated carbocycles. The molecule has 2 heterocycles. The van der Waals surface area contributed by atoms with Gasteiger partial charge < -0.3 is 20.3 Å². The van der Waals surface area contributed by atoms with E-state index >= 15 is 0 Å². The number of cyclic esters (lactones) is 1. The van der Waals surface area contributed by atoms with Gasteiger partial charge in [-0.05, 0) is 94.1 Å². The number of nitrogens with one attached hydrogen (secondary N) is 2. The van der Waals surface area contributed by atoms with E-state index in [1.165, 1.54) is 18.6 Å². The Balaban J connectivity index is 1.26. The third-order valence-corrected chi connectivity index (χ3v) is 7.14. The highest BCUT2D eigenvalue weighted by molar-refractivity contribution is 5.93. The first kappa shape index (κ1) is 27.5. The van der Waals surface area contributed by atoms with E-state index in [2.05, 4.69) is 21.6 Å². The fourth-order valence-corrected chi connectivity index (χ4v) is 5.33. The molecule has 4 rings (SSSR count). The quantitative estimate of drug-likeness (QED) is 0.484. The van der Waals surface area contributed by atoms with E-state index in [1.807, 2.05) is 18.2 Å². The van der Waals surface area contributed by atoms with Crippen LogP contribution in [0.15, 0.2) is 42.5 Å². The summed E-state index contributed by atoms with van der Waals surface area (Å²) in [5, 5.41) is 5.60. The Morgan fingerprint density at radius 1 is 1.05 bits per heavy atom. The van der Waals surface area contributed by atoms with Gasteiger partial charge in [-0.15, -0.1) is 0 Å². The van der Waals surface area contributed by atoms with Crippen LogP contribution in [0.2, 0.25) is 0 Å². The Morgan fingerprint density at radius 2 is 1.79 bits per heavy atom. The van der Waals surface area contributed by atoms with Gasteiger partial charge in [0.05, 0.1) is 0 Å². The van der Waals surface area contributed by atoms with Crippen LogP contribution < -0.4 is 10.6 Å². The summed E-state index contributed by atoms with van der Waals surface area (Å²) in [6.07, 6.45) is 1.87. The van der Waals surface area contributed by atoms with Gasteiger partial charge in [-0.3, -0.25) is 4.79 Å². The van der Waals surface area contributed by atoms with Crippen molar-refractivity contribution >= 4 is 23.7 Å². The first-order valence-corrected chi connectivity index (χ1v) is 12.9. The highest BCUT2D eigenvalue weighted by Crippen LogP contribution is 2.41. The van der Waals surface area contributed by atoms with E-state index in [9.17, 15) is 23.2 Å². The fourth-order valence-electron chi connectivity index (χ4n) is 5.33. The number of hydrogen-bond acceptors (Lipinski definition) is 5. The molecule has 2 N–H and O–H groups in total. The molecule has 2 fully saturated rings. The summed E-state index contributed by atoms with van der Waals surface area (Å²) in [5.74, 6) is -1.72. The summed E-state index contributed by atoms with van der Waals surface area (Å²) in [7, 11) is 0. The zero-order chi connectivity index (χ0) is 27.4. The second kappa shape index (κ2) is 11.5. The van der Waals surface area contributed by atoms with Gasteiger partial charge in [0.2, 0.25) is 5.91 Å². The molecule has 0 spiro atoms. The lowest BCUT2D eigenvalue weighted by Gasteiger charge is -2.32. The third-order valence-electron chi connectivity index (χ3n) is 7.14. The molecule has 0 aromatic heterocycles. The van der Waals surface area contributed by atoms with Crippen molar-refractivity contribution in [3.63, 3.8) is 0 Å². The Bertz CT molecular complexity index is 1200. The number of urea groups is 1. The zero-order valence-electron chi connectivity index (χ0n) is 21.9. The van der Waals surface area contributed by atoms with Crippen molar-refractivity contribution < 1.29 is 27.9 Å². The second-order valence-electron chi connectivity index (χ2n) is 10.4. The number of ether oxygens (including phenoxy) is 1. The van der Waals surface area contributed by atoms with E-state index in [0.717, 1.165) is 55.2 Å². The number of anilines is 1. The van der Waals surface area contributed by atoms with Crippen molar-refractivity contribution in [2.24, 2.45) is 0 Å². The van der Waals surface area contributed by atoms with Crippen LogP contribution in [0.3, 0.4) is 0 Å². The van der Waals surface area contributed by atoms with Crippen LogP contribution in [0.5, 0.6) is 0 Å². The molecule has 2 aliphatic heterocycles. The van der Waals surface area contributed by atoms with Gasteiger partial charge >= 0.3 is 12.1 Å². The molecule has 2 aromatic carbocycles. The monoisotopic (exact) mass is 528 g/mol. The molecule has 0 radical (unpaired) electrons. The number of nitrogens with zero attached hydrogens (tertiary/aromatic N) is 2. The molecule has 10 heteroatoms. The van der Waals surface area contributed by atoms with Gasteiger partial charge in [0.25, 0.3) is 0 Å². The molecule has 2 aliphatic rings. The molecule has 4 amide bonds. The standard InChI is InChI=1S/C28H34F2N4O4/c1-18(35)32-22-7-4-6-20(16-22)19-10-14-33(15-11-19)13-5-12-31-26(36)34-25(28(2,3)38-27(34)37)21-8-9-23(29)24(30)17-21/h4,6-9,16-17,19,25H,5,10-15H2,1-3H3,(H,31,36)(H,32,35). The number of hydrogen-bond donors (Lipinski definition) is 2. The average Bonchev–Trinajstić information content (AvgIpc) is 3.11. The van der Waals surface area contributed by atoms with Crippen molar-refractivity contribution in [1.82, 2.24) is 15.1 Å². The van der Waals surface area contributed by atoms with Gasteiger partial charge in [0.15, 0.2) is 11.6 Å². The lowest BCUT2D eigenvalue weighted by molar-refractivity contribution is -0.114. The van der Waals surface area contributed by atoms with Crippen LogP contribution in [-0.4, -0.2) is 59.6 Å². The van der Waals surface area contributed by atoms with Crippen LogP contribution in [0.4, 0.5) is 24.1 Å². The number of halogens is 2. The maximum atomic E-state index is 13.9. The number of amides is 4. The molecule has 1 atom stereocenters.